The van der Waals surface area contributed by atoms with Gasteiger partial charge in [-0.25, -0.2) is 0 Å². The molecule has 2 N–H and O–H groups in total. The van der Waals surface area contributed by atoms with Gasteiger partial charge >= 0.3 is 0 Å². The molecular weight excluding hydrogens is 312 g/mol. The lowest BCUT2D eigenvalue weighted by atomic mass is 9.95. The Morgan fingerprint density at radius 3 is 2.57 bits per heavy atom. The van der Waals surface area contributed by atoms with E-state index >= 15 is 0 Å². The standard InChI is InChI=1S/C18H20N2O2.ClH/c1-22-16-8-6-13(7-9-16)11-20-18(21)17-10-14-4-2-3-5-15(14)12-19-17;/h2-9,17,19H,10-12H2,1H3,(H,20,21);1H. The minimum absolute atomic E-state index is 0. The minimum Gasteiger partial charge on any atom is -0.497 e. The third kappa shape index (κ3) is 4.24. The average Bonchev–Trinajstić information content (AvgIpc) is 2.59. The molecule has 3 rings (SSSR count). The van der Waals surface area contributed by atoms with E-state index in [1.165, 1.54) is 11.1 Å². The van der Waals surface area contributed by atoms with Crippen molar-refractivity contribution in [1.82, 2.24) is 10.6 Å². The Kier molecular flexibility index (Phi) is 6.02. The number of halogens is 1. The number of nitrogens with one attached hydrogen (secondary N) is 2. The SMILES string of the molecule is COc1ccc(CNC(=O)C2Cc3ccccc3CN2)cc1.Cl. The fraction of sp³-hybridized carbons (Fsp3) is 0.278. The highest BCUT2D eigenvalue weighted by molar-refractivity contribution is 5.85. The summed E-state index contributed by atoms with van der Waals surface area (Å²) < 4.78 is 5.13. The second kappa shape index (κ2) is 7.99. The van der Waals surface area contributed by atoms with Crippen molar-refractivity contribution in [3.8, 4) is 5.75 Å². The Hall–Kier alpha value is -2.04. The summed E-state index contributed by atoms with van der Waals surface area (Å²) in [6.45, 7) is 1.28. The van der Waals surface area contributed by atoms with Gasteiger partial charge in [0.25, 0.3) is 0 Å². The molecule has 0 saturated heterocycles. The second-order valence-electron chi connectivity index (χ2n) is 5.47. The summed E-state index contributed by atoms with van der Waals surface area (Å²) in [5, 5.41) is 6.29. The lowest BCUT2D eigenvalue weighted by molar-refractivity contribution is -0.123. The molecule has 2 aromatic carbocycles. The molecule has 0 aromatic heterocycles. The summed E-state index contributed by atoms with van der Waals surface area (Å²) in [7, 11) is 1.64. The first-order chi connectivity index (χ1) is 10.8. The summed E-state index contributed by atoms with van der Waals surface area (Å²) >= 11 is 0. The summed E-state index contributed by atoms with van der Waals surface area (Å²) in [6, 6.07) is 15.8. The molecule has 1 atom stereocenters. The largest absolute Gasteiger partial charge is 0.497 e. The van der Waals surface area contributed by atoms with Crippen LogP contribution in [0.25, 0.3) is 0 Å². The number of ether oxygens (including phenoxy) is 1. The molecule has 1 amide bonds. The number of fused-ring (bicyclic) bond motifs is 1. The highest BCUT2D eigenvalue weighted by Crippen LogP contribution is 2.16. The molecular formula is C18H21ClN2O2. The van der Waals surface area contributed by atoms with E-state index in [9.17, 15) is 4.79 Å². The number of amides is 1. The van der Waals surface area contributed by atoms with Crippen LogP contribution in [-0.4, -0.2) is 19.1 Å². The van der Waals surface area contributed by atoms with Gasteiger partial charge < -0.3 is 15.4 Å². The van der Waals surface area contributed by atoms with Crippen LogP contribution < -0.4 is 15.4 Å². The Bertz CT molecular complexity index is 658. The Labute approximate surface area is 142 Å². The number of hydrogen-bond donors (Lipinski definition) is 2. The molecule has 1 aliphatic heterocycles. The zero-order valence-electron chi connectivity index (χ0n) is 13.0. The van der Waals surface area contributed by atoms with Crippen LogP contribution in [0.2, 0.25) is 0 Å². The van der Waals surface area contributed by atoms with E-state index in [0.29, 0.717) is 6.54 Å². The van der Waals surface area contributed by atoms with Crippen molar-refractivity contribution >= 4 is 18.3 Å². The monoisotopic (exact) mass is 332 g/mol. The lowest BCUT2D eigenvalue weighted by Gasteiger charge is -2.25. The molecule has 5 heteroatoms. The van der Waals surface area contributed by atoms with Gasteiger partial charge in [0.05, 0.1) is 13.2 Å². The van der Waals surface area contributed by atoms with E-state index < -0.39 is 0 Å². The van der Waals surface area contributed by atoms with Crippen LogP contribution in [0.15, 0.2) is 48.5 Å². The van der Waals surface area contributed by atoms with E-state index in [-0.39, 0.29) is 24.4 Å². The van der Waals surface area contributed by atoms with Gasteiger partial charge in [-0.05, 0) is 35.2 Å². The normalized spacial score (nSPS) is 16.0. The fourth-order valence-electron chi connectivity index (χ4n) is 2.70. The topological polar surface area (TPSA) is 50.4 Å². The van der Waals surface area contributed by atoms with Crippen molar-refractivity contribution in [2.45, 2.75) is 25.6 Å². The molecule has 1 heterocycles. The summed E-state index contributed by atoms with van der Waals surface area (Å²) in [4.78, 5) is 12.3. The van der Waals surface area contributed by atoms with Crippen LogP contribution in [0, 0.1) is 0 Å². The van der Waals surface area contributed by atoms with Crippen LogP contribution >= 0.6 is 12.4 Å². The van der Waals surface area contributed by atoms with E-state index in [4.69, 9.17) is 4.74 Å². The van der Waals surface area contributed by atoms with Gasteiger partial charge in [-0.3, -0.25) is 4.79 Å². The van der Waals surface area contributed by atoms with Crippen LogP contribution in [0.5, 0.6) is 5.75 Å². The molecule has 0 spiro atoms. The number of carbonyl (C=O) groups excluding carboxylic acids is 1. The predicted molar refractivity (Wildman–Crippen MR) is 92.9 cm³/mol. The molecule has 0 saturated carbocycles. The zero-order valence-corrected chi connectivity index (χ0v) is 13.9. The quantitative estimate of drug-likeness (QED) is 0.904. The van der Waals surface area contributed by atoms with Gasteiger partial charge in [0.15, 0.2) is 0 Å². The molecule has 23 heavy (non-hydrogen) atoms. The Morgan fingerprint density at radius 1 is 1.17 bits per heavy atom. The van der Waals surface area contributed by atoms with Crippen molar-refractivity contribution < 1.29 is 9.53 Å². The van der Waals surface area contributed by atoms with E-state index in [2.05, 4.69) is 22.8 Å². The molecule has 1 aliphatic rings. The first-order valence-corrected chi connectivity index (χ1v) is 7.47. The maximum Gasteiger partial charge on any atom is 0.237 e. The van der Waals surface area contributed by atoms with Crippen LogP contribution in [0.1, 0.15) is 16.7 Å². The lowest BCUT2D eigenvalue weighted by Crippen LogP contribution is -2.47. The van der Waals surface area contributed by atoms with Gasteiger partial charge in [-0.1, -0.05) is 36.4 Å². The molecule has 1 unspecified atom stereocenters. The van der Waals surface area contributed by atoms with Crippen molar-refractivity contribution in [1.29, 1.82) is 0 Å². The van der Waals surface area contributed by atoms with E-state index in [1.54, 1.807) is 7.11 Å². The van der Waals surface area contributed by atoms with Gasteiger partial charge in [-0.2, -0.15) is 0 Å². The van der Waals surface area contributed by atoms with Crippen molar-refractivity contribution in [2.75, 3.05) is 7.11 Å². The first kappa shape index (κ1) is 17.3. The average molecular weight is 333 g/mol. The van der Waals surface area contributed by atoms with Gasteiger partial charge in [0.1, 0.15) is 5.75 Å². The first-order valence-electron chi connectivity index (χ1n) is 7.47. The zero-order chi connectivity index (χ0) is 15.4. The van der Waals surface area contributed by atoms with Crippen LogP contribution in [0.4, 0.5) is 0 Å². The van der Waals surface area contributed by atoms with Crippen molar-refractivity contribution in [2.24, 2.45) is 0 Å². The van der Waals surface area contributed by atoms with Crippen molar-refractivity contribution in [3.63, 3.8) is 0 Å². The predicted octanol–water partition coefficient (Wildman–Crippen LogP) is 2.45. The molecule has 0 radical (unpaired) electrons. The number of rotatable bonds is 4. The molecule has 0 bridgehead atoms. The van der Waals surface area contributed by atoms with E-state index in [1.807, 2.05) is 36.4 Å². The summed E-state index contributed by atoms with van der Waals surface area (Å²) in [5.41, 5.74) is 3.60. The third-order valence-electron chi connectivity index (χ3n) is 4.02. The van der Waals surface area contributed by atoms with E-state index in [0.717, 1.165) is 24.3 Å². The number of methoxy groups -OCH3 is 1. The Balaban J connectivity index is 0.00000192. The van der Waals surface area contributed by atoms with Crippen LogP contribution in [0.3, 0.4) is 0 Å². The maximum absolute atomic E-state index is 12.3. The maximum atomic E-state index is 12.3. The summed E-state index contributed by atoms with van der Waals surface area (Å²) in [6.07, 6.45) is 0.741. The molecule has 0 aliphatic carbocycles. The van der Waals surface area contributed by atoms with Gasteiger partial charge in [0, 0.05) is 13.1 Å². The number of carbonyl (C=O) groups is 1. The highest BCUT2D eigenvalue weighted by Gasteiger charge is 2.23. The Morgan fingerprint density at radius 2 is 1.87 bits per heavy atom. The number of benzene rings is 2. The number of hydrogen-bond acceptors (Lipinski definition) is 3. The van der Waals surface area contributed by atoms with Crippen molar-refractivity contribution in [3.05, 3.63) is 65.2 Å². The van der Waals surface area contributed by atoms with Crippen LogP contribution in [-0.2, 0) is 24.3 Å². The minimum atomic E-state index is -0.159. The molecule has 122 valence electrons. The second-order valence-corrected chi connectivity index (χ2v) is 5.47. The molecule has 2 aromatic rings. The smallest absolute Gasteiger partial charge is 0.237 e. The molecule has 0 fully saturated rings. The molecule has 4 nitrogen and oxygen atoms in total. The fourth-order valence-corrected chi connectivity index (χ4v) is 2.70. The highest BCUT2D eigenvalue weighted by atomic mass is 35.5. The summed E-state index contributed by atoms with van der Waals surface area (Å²) in [5.74, 6) is 0.867. The van der Waals surface area contributed by atoms with Gasteiger partial charge in [0.2, 0.25) is 5.91 Å². The third-order valence-corrected chi connectivity index (χ3v) is 4.02. The van der Waals surface area contributed by atoms with Gasteiger partial charge in [-0.15, -0.1) is 12.4 Å².